The quantitative estimate of drug-likeness (QED) is 0.495. The van der Waals surface area contributed by atoms with Gasteiger partial charge in [-0.2, -0.15) is 0 Å². The van der Waals surface area contributed by atoms with Crippen molar-refractivity contribution in [3.05, 3.63) is 40.5 Å². The van der Waals surface area contributed by atoms with Crippen LogP contribution in [-0.4, -0.2) is 14.4 Å². The van der Waals surface area contributed by atoms with Crippen LogP contribution in [0.25, 0.3) is 5.65 Å². The molecule has 0 amide bonds. The predicted molar refractivity (Wildman–Crippen MR) is 81.8 cm³/mol. The van der Waals surface area contributed by atoms with E-state index in [1.807, 2.05) is 21.9 Å². The van der Waals surface area contributed by atoms with E-state index in [-0.39, 0.29) is 0 Å². The van der Waals surface area contributed by atoms with E-state index in [4.69, 9.17) is 5.84 Å². The normalized spacial score (nSPS) is 10.9. The van der Waals surface area contributed by atoms with Crippen molar-refractivity contribution in [2.24, 2.45) is 5.84 Å². The van der Waals surface area contributed by atoms with Crippen LogP contribution in [0.3, 0.4) is 0 Å². The van der Waals surface area contributed by atoms with Crippen molar-refractivity contribution in [2.75, 3.05) is 10.7 Å². The number of nitrogen functional groups attached to an aromatic ring is 1. The lowest BCUT2D eigenvalue weighted by Gasteiger charge is -2.08. The fraction of sp³-hybridized carbons (Fsp3) is 0.231. The van der Waals surface area contributed by atoms with E-state index in [0.29, 0.717) is 5.82 Å². The third kappa shape index (κ3) is 2.45. The number of thiophene rings is 1. The second-order valence-corrected chi connectivity index (χ2v) is 5.61. The molecule has 0 fully saturated rings. The van der Waals surface area contributed by atoms with Crippen LogP contribution in [0, 0.1) is 0 Å². The third-order valence-electron chi connectivity index (χ3n) is 3.02. The summed E-state index contributed by atoms with van der Waals surface area (Å²) in [6, 6.07) is 4.31. The van der Waals surface area contributed by atoms with Crippen LogP contribution in [0.5, 0.6) is 0 Å². The highest BCUT2D eigenvalue weighted by Crippen LogP contribution is 2.20. The molecule has 20 heavy (non-hydrogen) atoms. The Kier molecular flexibility index (Phi) is 3.53. The summed E-state index contributed by atoms with van der Waals surface area (Å²) in [7, 11) is 0. The van der Waals surface area contributed by atoms with E-state index < -0.39 is 0 Å². The van der Waals surface area contributed by atoms with Gasteiger partial charge in [0.1, 0.15) is 0 Å². The Hall–Kier alpha value is -2.12. The first-order chi connectivity index (χ1) is 9.80. The first-order valence-corrected chi connectivity index (χ1v) is 7.23. The number of hydrogen-bond donors (Lipinski definition) is 3. The van der Waals surface area contributed by atoms with Crippen molar-refractivity contribution >= 4 is 28.6 Å². The molecule has 3 heterocycles. The molecule has 0 unspecified atom stereocenters. The molecule has 3 aromatic heterocycles. The number of nitrogens with zero attached hydrogens (tertiary/aromatic N) is 3. The largest absolute Gasteiger partial charge is 0.362 e. The molecule has 0 radical (unpaired) electrons. The van der Waals surface area contributed by atoms with Gasteiger partial charge in [-0.25, -0.2) is 15.8 Å². The lowest BCUT2D eigenvalue weighted by Crippen LogP contribution is -2.11. The van der Waals surface area contributed by atoms with Crippen LogP contribution in [0.2, 0.25) is 0 Å². The zero-order valence-electron chi connectivity index (χ0n) is 11.1. The van der Waals surface area contributed by atoms with E-state index in [0.717, 1.165) is 24.4 Å². The number of aryl methyl sites for hydroxylation is 1. The number of hydrogen-bond acceptors (Lipinski definition) is 6. The van der Waals surface area contributed by atoms with Crippen LogP contribution >= 0.6 is 11.3 Å². The number of nitrogens with one attached hydrogen (secondary N) is 2. The fourth-order valence-corrected chi connectivity index (χ4v) is 2.90. The zero-order valence-corrected chi connectivity index (χ0v) is 11.9. The number of anilines is 2. The van der Waals surface area contributed by atoms with Gasteiger partial charge in [-0.15, -0.1) is 11.3 Å². The monoisotopic (exact) mass is 288 g/mol. The van der Waals surface area contributed by atoms with Crippen LogP contribution < -0.4 is 16.6 Å². The fourth-order valence-electron chi connectivity index (χ4n) is 2.00. The van der Waals surface area contributed by atoms with Crippen molar-refractivity contribution in [3.63, 3.8) is 0 Å². The van der Waals surface area contributed by atoms with E-state index in [2.05, 4.69) is 39.8 Å². The Morgan fingerprint density at radius 2 is 2.20 bits per heavy atom. The summed E-state index contributed by atoms with van der Waals surface area (Å²) >= 11 is 1.81. The molecule has 0 saturated heterocycles. The molecule has 3 aromatic rings. The number of nitrogens with two attached hydrogens (primary N) is 1. The third-order valence-corrected chi connectivity index (χ3v) is 4.25. The maximum atomic E-state index is 5.44. The molecule has 0 aliphatic rings. The number of imidazole rings is 1. The zero-order chi connectivity index (χ0) is 13.9. The van der Waals surface area contributed by atoms with E-state index in [1.165, 1.54) is 9.75 Å². The number of rotatable bonds is 5. The molecule has 0 spiro atoms. The van der Waals surface area contributed by atoms with Gasteiger partial charge in [-0.05, 0) is 18.6 Å². The van der Waals surface area contributed by atoms with Crippen molar-refractivity contribution < 1.29 is 0 Å². The average Bonchev–Trinajstić information content (AvgIpc) is 3.12. The minimum Gasteiger partial charge on any atom is -0.362 e. The molecular weight excluding hydrogens is 272 g/mol. The molecule has 0 bridgehead atoms. The van der Waals surface area contributed by atoms with Gasteiger partial charge in [0.2, 0.25) is 0 Å². The van der Waals surface area contributed by atoms with Crippen molar-refractivity contribution in [1.82, 2.24) is 14.4 Å². The first kappa shape index (κ1) is 12.9. The molecule has 0 aromatic carbocycles. The maximum Gasteiger partial charge on any atom is 0.180 e. The van der Waals surface area contributed by atoms with E-state index >= 15 is 0 Å². The molecule has 0 aliphatic carbocycles. The molecular formula is C13H16N6S. The van der Waals surface area contributed by atoms with Crippen molar-refractivity contribution in [2.45, 2.75) is 19.9 Å². The van der Waals surface area contributed by atoms with Gasteiger partial charge in [0, 0.05) is 22.1 Å². The molecule has 0 atom stereocenters. The Balaban J connectivity index is 1.84. The topological polar surface area (TPSA) is 80.3 Å². The summed E-state index contributed by atoms with van der Waals surface area (Å²) in [4.78, 5) is 11.4. The number of aromatic nitrogens is 3. The van der Waals surface area contributed by atoms with Gasteiger partial charge in [-0.3, -0.25) is 0 Å². The highest BCUT2D eigenvalue weighted by molar-refractivity contribution is 7.12. The summed E-state index contributed by atoms with van der Waals surface area (Å²) in [5.74, 6) is 6.75. The minimum absolute atomic E-state index is 0.596. The lowest BCUT2D eigenvalue weighted by atomic mass is 10.3. The molecule has 104 valence electrons. The molecule has 0 saturated carbocycles. The SMILES string of the molecule is CCc1ccc(CNc2nc(NN)cn3ccnc23)s1. The van der Waals surface area contributed by atoms with Crippen molar-refractivity contribution in [3.8, 4) is 0 Å². The number of hydrazine groups is 1. The second-order valence-electron chi connectivity index (χ2n) is 4.35. The highest BCUT2D eigenvalue weighted by Gasteiger charge is 2.07. The van der Waals surface area contributed by atoms with Gasteiger partial charge < -0.3 is 15.1 Å². The number of fused-ring (bicyclic) bond motifs is 1. The van der Waals surface area contributed by atoms with Gasteiger partial charge >= 0.3 is 0 Å². The average molecular weight is 288 g/mol. The first-order valence-electron chi connectivity index (χ1n) is 6.42. The Morgan fingerprint density at radius 1 is 1.35 bits per heavy atom. The molecule has 0 aliphatic heterocycles. The summed E-state index contributed by atoms with van der Waals surface area (Å²) in [5.41, 5.74) is 3.35. The molecule has 6 nitrogen and oxygen atoms in total. The molecule has 7 heteroatoms. The van der Waals surface area contributed by atoms with Gasteiger partial charge in [0.25, 0.3) is 0 Å². The summed E-state index contributed by atoms with van der Waals surface area (Å²) in [6.07, 6.45) is 6.47. The Morgan fingerprint density at radius 3 is 2.95 bits per heavy atom. The van der Waals surface area contributed by atoms with E-state index in [9.17, 15) is 0 Å². The molecule has 4 N–H and O–H groups in total. The summed E-state index contributed by atoms with van der Waals surface area (Å²) < 4.78 is 1.89. The minimum atomic E-state index is 0.596. The van der Waals surface area contributed by atoms with Crippen LogP contribution in [0.15, 0.2) is 30.7 Å². The van der Waals surface area contributed by atoms with Crippen molar-refractivity contribution in [1.29, 1.82) is 0 Å². The molecule has 3 rings (SSSR count). The maximum absolute atomic E-state index is 5.44. The van der Waals surface area contributed by atoms with E-state index in [1.54, 1.807) is 12.4 Å². The predicted octanol–water partition coefficient (Wildman–Crippen LogP) is 2.25. The lowest BCUT2D eigenvalue weighted by molar-refractivity contribution is 1.07. The smallest absolute Gasteiger partial charge is 0.180 e. The second kappa shape index (κ2) is 5.48. The van der Waals surface area contributed by atoms with Crippen LogP contribution in [-0.2, 0) is 13.0 Å². The van der Waals surface area contributed by atoms with Crippen LogP contribution in [0.1, 0.15) is 16.7 Å². The van der Waals surface area contributed by atoms with Gasteiger partial charge in [-0.1, -0.05) is 6.92 Å². The standard InChI is InChI=1S/C13H16N6S/c1-2-9-3-4-10(20-9)7-16-12-13-15-5-6-19(13)8-11(17-12)18-14/h3-6,8,18H,2,7,14H2,1H3,(H,16,17). The van der Waals surface area contributed by atoms with Gasteiger partial charge in [0.15, 0.2) is 17.3 Å². The summed E-state index contributed by atoms with van der Waals surface area (Å²) in [5, 5.41) is 3.32. The Labute approximate surface area is 120 Å². The summed E-state index contributed by atoms with van der Waals surface area (Å²) in [6.45, 7) is 2.89. The highest BCUT2D eigenvalue weighted by atomic mass is 32.1. The Bertz CT molecular complexity index is 717. The van der Waals surface area contributed by atoms with Gasteiger partial charge in [0.05, 0.1) is 12.7 Å². The van der Waals surface area contributed by atoms with Crippen LogP contribution in [0.4, 0.5) is 11.6 Å².